The van der Waals surface area contributed by atoms with Crippen molar-refractivity contribution in [2.45, 2.75) is 71.1 Å². The normalized spacial score (nSPS) is 29.0. The van der Waals surface area contributed by atoms with Gasteiger partial charge in [0.25, 0.3) is 0 Å². The molecule has 0 spiro atoms. The number of rotatable bonds is 8. The molecule has 2 fully saturated rings. The topological polar surface area (TPSA) is 96.7 Å². The maximum Gasteiger partial charge on any atom is 0.241 e. The van der Waals surface area contributed by atoms with E-state index in [4.69, 9.17) is 10.5 Å². The fraction of sp³-hybridized carbons (Fsp3) is 0.895. The Morgan fingerprint density at radius 1 is 1.23 bits per heavy atom. The first kappa shape index (κ1) is 21.1. The molecule has 0 bridgehead atoms. The molecule has 4 N–H and O–H groups in total. The lowest BCUT2D eigenvalue weighted by Crippen LogP contribution is -2.76. The molecule has 26 heavy (non-hydrogen) atoms. The summed E-state index contributed by atoms with van der Waals surface area (Å²) >= 11 is 0. The number of nitrogens with zero attached hydrogens (tertiary/aromatic N) is 1. The van der Waals surface area contributed by atoms with E-state index in [-0.39, 0.29) is 29.4 Å². The van der Waals surface area contributed by atoms with Crippen LogP contribution in [0.1, 0.15) is 53.4 Å². The SMILES string of the molecule is CCCNC(=O)CN1CCC(NC(=O)C2(N)CC(OCC)C2(C)C)CC1. The summed E-state index contributed by atoms with van der Waals surface area (Å²) in [5.74, 6) is 0.00558. The van der Waals surface area contributed by atoms with Crippen molar-refractivity contribution >= 4 is 11.8 Å². The van der Waals surface area contributed by atoms with Gasteiger partial charge in [0.15, 0.2) is 0 Å². The average Bonchev–Trinajstić information content (AvgIpc) is 2.61. The van der Waals surface area contributed by atoms with Crippen molar-refractivity contribution < 1.29 is 14.3 Å². The van der Waals surface area contributed by atoms with Gasteiger partial charge in [-0.15, -0.1) is 0 Å². The van der Waals surface area contributed by atoms with Crippen LogP contribution < -0.4 is 16.4 Å². The van der Waals surface area contributed by atoms with Crippen molar-refractivity contribution in [2.24, 2.45) is 11.1 Å². The number of hydrogen-bond donors (Lipinski definition) is 3. The zero-order chi connectivity index (χ0) is 19.4. The Hall–Kier alpha value is -1.18. The van der Waals surface area contributed by atoms with Crippen LogP contribution in [0.5, 0.6) is 0 Å². The highest BCUT2D eigenvalue weighted by molar-refractivity contribution is 5.89. The van der Waals surface area contributed by atoms with Crippen LogP contribution in [0, 0.1) is 5.41 Å². The van der Waals surface area contributed by atoms with Crippen molar-refractivity contribution in [3.05, 3.63) is 0 Å². The summed E-state index contributed by atoms with van der Waals surface area (Å²) in [6, 6.07) is 0.125. The van der Waals surface area contributed by atoms with Crippen molar-refractivity contribution in [3.8, 4) is 0 Å². The first-order chi connectivity index (χ1) is 12.2. The minimum absolute atomic E-state index is 0.0340. The lowest BCUT2D eigenvalue weighted by atomic mass is 9.54. The smallest absolute Gasteiger partial charge is 0.241 e. The molecule has 150 valence electrons. The number of hydrogen-bond acceptors (Lipinski definition) is 5. The third kappa shape index (κ3) is 4.38. The van der Waals surface area contributed by atoms with Crippen molar-refractivity contribution in [2.75, 3.05) is 32.8 Å². The Labute approximate surface area is 157 Å². The Balaban J connectivity index is 1.77. The van der Waals surface area contributed by atoms with E-state index in [0.717, 1.165) is 38.9 Å². The molecular weight excluding hydrogens is 332 g/mol. The van der Waals surface area contributed by atoms with Gasteiger partial charge in [0, 0.05) is 44.1 Å². The molecule has 7 heteroatoms. The number of ether oxygens (including phenoxy) is 1. The molecule has 0 aromatic rings. The summed E-state index contributed by atoms with van der Waals surface area (Å²) < 4.78 is 5.70. The van der Waals surface area contributed by atoms with Gasteiger partial charge in [-0.05, 0) is 26.2 Å². The highest BCUT2D eigenvalue weighted by Crippen LogP contribution is 2.49. The highest BCUT2D eigenvalue weighted by Gasteiger charge is 2.63. The monoisotopic (exact) mass is 368 g/mol. The number of piperidine rings is 1. The molecule has 1 saturated heterocycles. The number of nitrogens with one attached hydrogen (secondary N) is 2. The van der Waals surface area contributed by atoms with Crippen LogP contribution in [-0.4, -0.2) is 67.2 Å². The number of carbonyl (C=O) groups is 2. The fourth-order valence-corrected chi connectivity index (χ4v) is 3.89. The van der Waals surface area contributed by atoms with Gasteiger partial charge in [0.05, 0.1) is 12.6 Å². The van der Waals surface area contributed by atoms with Crippen LogP contribution >= 0.6 is 0 Å². The molecular formula is C19H36N4O3. The average molecular weight is 369 g/mol. The minimum atomic E-state index is -0.871. The molecule has 7 nitrogen and oxygen atoms in total. The highest BCUT2D eigenvalue weighted by atomic mass is 16.5. The van der Waals surface area contributed by atoms with Crippen LogP contribution in [0.25, 0.3) is 0 Å². The maximum atomic E-state index is 12.8. The van der Waals surface area contributed by atoms with E-state index in [1.807, 2.05) is 27.7 Å². The van der Waals surface area contributed by atoms with E-state index in [2.05, 4.69) is 15.5 Å². The molecule has 0 aromatic heterocycles. The second-order valence-corrected chi connectivity index (χ2v) is 8.21. The number of amides is 2. The summed E-state index contributed by atoms with van der Waals surface area (Å²) in [5.41, 5.74) is 5.21. The molecule has 1 aliphatic carbocycles. The van der Waals surface area contributed by atoms with Crippen LogP contribution in [0.4, 0.5) is 0 Å². The predicted octanol–water partition coefficient (Wildman–Crippen LogP) is 0.626. The molecule has 0 radical (unpaired) electrons. The Morgan fingerprint density at radius 3 is 2.42 bits per heavy atom. The summed E-state index contributed by atoms with van der Waals surface area (Å²) in [4.78, 5) is 26.7. The Kier molecular flexibility index (Phi) is 7.05. The number of likely N-dealkylation sites (tertiary alicyclic amines) is 1. The van der Waals surface area contributed by atoms with Crippen LogP contribution in [-0.2, 0) is 14.3 Å². The first-order valence-corrected chi connectivity index (χ1v) is 9.95. The number of nitrogens with two attached hydrogens (primary N) is 1. The van der Waals surface area contributed by atoms with Gasteiger partial charge in [-0.1, -0.05) is 20.8 Å². The summed E-state index contributed by atoms with van der Waals surface area (Å²) in [5, 5.41) is 6.04. The summed E-state index contributed by atoms with van der Waals surface area (Å²) in [6.07, 6.45) is 3.24. The van der Waals surface area contributed by atoms with Crippen molar-refractivity contribution in [1.29, 1.82) is 0 Å². The second kappa shape index (κ2) is 8.67. The molecule has 1 heterocycles. The fourth-order valence-electron chi connectivity index (χ4n) is 3.89. The summed E-state index contributed by atoms with van der Waals surface area (Å²) in [7, 11) is 0. The van der Waals surface area contributed by atoms with Crippen LogP contribution in [0.3, 0.4) is 0 Å². The van der Waals surface area contributed by atoms with Gasteiger partial charge in [-0.25, -0.2) is 0 Å². The van der Waals surface area contributed by atoms with Gasteiger partial charge < -0.3 is 21.1 Å². The summed E-state index contributed by atoms with van der Waals surface area (Å²) in [6.45, 7) is 11.4. The maximum absolute atomic E-state index is 12.8. The molecule has 1 saturated carbocycles. The van der Waals surface area contributed by atoms with Gasteiger partial charge in [0.1, 0.15) is 5.54 Å². The quantitative estimate of drug-likeness (QED) is 0.584. The molecule has 1 aliphatic heterocycles. The third-order valence-corrected chi connectivity index (χ3v) is 6.10. The lowest BCUT2D eigenvalue weighted by molar-refractivity contribution is -0.171. The van der Waals surface area contributed by atoms with Gasteiger partial charge >= 0.3 is 0 Å². The third-order valence-electron chi connectivity index (χ3n) is 6.10. The van der Waals surface area contributed by atoms with Gasteiger partial charge in [-0.2, -0.15) is 0 Å². The van der Waals surface area contributed by atoms with Crippen molar-refractivity contribution in [3.63, 3.8) is 0 Å². The lowest BCUT2D eigenvalue weighted by Gasteiger charge is -2.57. The zero-order valence-corrected chi connectivity index (χ0v) is 16.8. The standard InChI is InChI=1S/C19H36N4O3/c1-5-9-21-16(24)13-23-10-7-14(8-11-23)22-17(25)19(20)12-15(26-6-2)18(19,3)4/h14-15H,5-13,20H2,1-4H3,(H,21,24)(H,22,25). The van der Waals surface area contributed by atoms with E-state index >= 15 is 0 Å². The Bertz CT molecular complexity index is 503. The molecule has 2 unspecified atom stereocenters. The van der Waals surface area contributed by atoms with Crippen LogP contribution in [0.15, 0.2) is 0 Å². The number of carbonyl (C=O) groups excluding carboxylic acids is 2. The van der Waals surface area contributed by atoms with Crippen molar-refractivity contribution in [1.82, 2.24) is 15.5 Å². The molecule has 2 aliphatic rings. The Morgan fingerprint density at radius 2 is 1.88 bits per heavy atom. The van der Waals surface area contributed by atoms with Crippen LogP contribution in [0.2, 0.25) is 0 Å². The first-order valence-electron chi connectivity index (χ1n) is 9.95. The minimum Gasteiger partial charge on any atom is -0.378 e. The molecule has 2 amide bonds. The van der Waals surface area contributed by atoms with E-state index < -0.39 is 5.54 Å². The molecule has 2 rings (SSSR count). The van der Waals surface area contributed by atoms with Gasteiger partial charge in [0.2, 0.25) is 11.8 Å². The van der Waals surface area contributed by atoms with Gasteiger partial charge in [-0.3, -0.25) is 14.5 Å². The van der Waals surface area contributed by atoms with E-state index in [1.165, 1.54) is 0 Å². The zero-order valence-electron chi connectivity index (χ0n) is 16.8. The largest absolute Gasteiger partial charge is 0.378 e. The van der Waals surface area contributed by atoms with E-state index in [1.54, 1.807) is 0 Å². The molecule has 0 aromatic carbocycles. The second-order valence-electron chi connectivity index (χ2n) is 8.21. The van der Waals surface area contributed by atoms with E-state index in [0.29, 0.717) is 19.6 Å². The van der Waals surface area contributed by atoms with E-state index in [9.17, 15) is 9.59 Å². The predicted molar refractivity (Wildman–Crippen MR) is 102 cm³/mol. The molecule has 2 atom stereocenters.